The molecule has 0 aliphatic heterocycles. The largest absolute Gasteiger partial charge is 0.383 e. The van der Waals surface area contributed by atoms with E-state index in [1.165, 1.54) is 25.6 Å². The molecule has 2 aromatic heterocycles. The lowest BCUT2D eigenvalue weighted by Crippen LogP contribution is -2.27. The molecule has 0 bridgehead atoms. The van der Waals surface area contributed by atoms with Crippen molar-refractivity contribution < 1.29 is 4.79 Å². The second-order valence-electron chi connectivity index (χ2n) is 5.59. The van der Waals surface area contributed by atoms with Crippen LogP contribution in [-0.4, -0.2) is 38.3 Å². The zero-order valence-electron chi connectivity index (χ0n) is 12.8. The lowest BCUT2D eigenvalue weighted by Gasteiger charge is -2.26. The molecule has 1 aliphatic carbocycles. The van der Waals surface area contributed by atoms with Gasteiger partial charge in [-0.1, -0.05) is 6.42 Å². The molecule has 0 atom stereocenters. The van der Waals surface area contributed by atoms with Crippen LogP contribution in [0.2, 0.25) is 0 Å². The van der Waals surface area contributed by atoms with Gasteiger partial charge in [0.1, 0.15) is 28.3 Å². The van der Waals surface area contributed by atoms with Gasteiger partial charge in [0.25, 0.3) is 5.91 Å². The molecule has 1 amide bonds. The molecule has 1 aliphatic rings. The monoisotopic (exact) mass is 392 g/mol. The van der Waals surface area contributed by atoms with Gasteiger partial charge in [-0.25, -0.2) is 9.97 Å². The summed E-state index contributed by atoms with van der Waals surface area (Å²) < 4.78 is 0.620. The lowest BCUT2D eigenvalue weighted by atomic mass is 9.85. The van der Waals surface area contributed by atoms with Gasteiger partial charge in [0.2, 0.25) is 0 Å². The van der Waals surface area contributed by atoms with Crippen LogP contribution in [0.4, 0.5) is 17.5 Å². The summed E-state index contributed by atoms with van der Waals surface area (Å²) >= 11 is 3.20. The number of aromatic amines is 1. The first kappa shape index (κ1) is 16.4. The number of nitrogens with zero attached hydrogens (tertiary/aromatic N) is 3. The average Bonchev–Trinajstić information content (AvgIpc) is 2.90. The zero-order valence-corrected chi connectivity index (χ0v) is 14.4. The lowest BCUT2D eigenvalue weighted by molar-refractivity contribution is -0.110. The Morgan fingerprint density at radius 3 is 2.88 bits per heavy atom. The first-order valence-corrected chi connectivity index (χ1v) is 8.29. The van der Waals surface area contributed by atoms with Crippen LogP contribution in [0.25, 0.3) is 0 Å². The van der Waals surface area contributed by atoms with Gasteiger partial charge in [-0.2, -0.15) is 5.10 Å². The zero-order chi connectivity index (χ0) is 17.1. The van der Waals surface area contributed by atoms with Crippen LogP contribution < -0.4 is 16.4 Å². The van der Waals surface area contributed by atoms with Crippen LogP contribution in [0.5, 0.6) is 0 Å². The molecule has 1 fully saturated rings. The van der Waals surface area contributed by atoms with Gasteiger partial charge in [0, 0.05) is 12.6 Å². The van der Waals surface area contributed by atoms with E-state index in [1.807, 2.05) is 0 Å². The van der Waals surface area contributed by atoms with E-state index in [9.17, 15) is 4.79 Å². The molecule has 3 rings (SSSR count). The Hall–Kier alpha value is -2.49. The third-order valence-corrected chi connectivity index (χ3v) is 4.33. The third-order valence-electron chi connectivity index (χ3n) is 3.92. The number of hydrogen-bond acceptors (Lipinski definition) is 7. The Bertz CT molecular complexity index is 770. The number of nitrogens with one attached hydrogen (secondary N) is 4. The van der Waals surface area contributed by atoms with Crippen molar-refractivity contribution >= 4 is 45.0 Å². The van der Waals surface area contributed by atoms with Crippen molar-refractivity contribution in [1.82, 2.24) is 20.2 Å². The Morgan fingerprint density at radius 2 is 2.25 bits per heavy atom. The minimum absolute atomic E-state index is 0.0875. The molecular formula is C14H17BrN8O. The van der Waals surface area contributed by atoms with Gasteiger partial charge >= 0.3 is 0 Å². The van der Waals surface area contributed by atoms with Crippen molar-refractivity contribution in [3.63, 3.8) is 0 Å². The molecule has 0 spiro atoms. The quantitative estimate of drug-likeness (QED) is 0.473. The maximum atomic E-state index is 12.3. The van der Waals surface area contributed by atoms with Gasteiger partial charge < -0.3 is 16.4 Å². The molecule has 6 N–H and O–H groups in total. The highest BCUT2D eigenvalue weighted by Gasteiger charge is 2.23. The standard InChI is InChI=1S/C14H17BrN8O/c15-8-4-9(23-22-8)21-14(24)11(16)10-12(17)19-6-20-13(10)18-5-7-2-1-3-7/h4,6-7,16H,1-3,5H2,(H3,17,18,19,20)(H2,21,22,23,24). The smallest absolute Gasteiger partial charge is 0.275 e. The van der Waals surface area contributed by atoms with Crippen LogP contribution in [0, 0.1) is 11.3 Å². The van der Waals surface area contributed by atoms with E-state index in [2.05, 4.69) is 46.7 Å². The van der Waals surface area contributed by atoms with Gasteiger partial charge in [-0.3, -0.25) is 15.3 Å². The Balaban J connectivity index is 1.75. The molecule has 1 saturated carbocycles. The molecule has 0 aromatic carbocycles. The second kappa shape index (κ2) is 6.95. The molecule has 0 radical (unpaired) electrons. The van der Waals surface area contributed by atoms with E-state index in [4.69, 9.17) is 11.1 Å². The van der Waals surface area contributed by atoms with Crippen molar-refractivity contribution in [2.45, 2.75) is 19.3 Å². The van der Waals surface area contributed by atoms with Crippen molar-refractivity contribution in [2.24, 2.45) is 5.92 Å². The third kappa shape index (κ3) is 3.53. The van der Waals surface area contributed by atoms with Crippen molar-refractivity contribution in [1.29, 1.82) is 5.41 Å². The van der Waals surface area contributed by atoms with Crippen LogP contribution in [0.15, 0.2) is 17.0 Å². The number of carbonyl (C=O) groups is 1. The molecular weight excluding hydrogens is 376 g/mol. The van der Waals surface area contributed by atoms with E-state index in [0.29, 0.717) is 22.2 Å². The Labute approximate surface area is 146 Å². The highest BCUT2D eigenvalue weighted by Crippen LogP contribution is 2.27. The summed E-state index contributed by atoms with van der Waals surface area (Å²) in [4.78, 5) is 20.3. The van der Waals surface area contributed by atoms with Gasteiger partial charge in [0.05, 0.1) is 5.56 Å². The summed E-state index contributed by atoms with van der Waals surface area (Å²) in [5, 5.41) is 20.4. The number of H-pyrrole nitrogens is 1. The first-order chi connectivity index (χ1) is 11.5. The van der Waals surface area contributed by atoms with E-state index in [1.54, 1.807) is 6.07 Å². The fourth-order valence-electron chi connectivity index (χ4n) is 2.37. The van der Waals surface area contributed by atoms with Gasteiger partial charge in [-0.05, 0) is 34.7 Å². The highest BCUT2D eigenvalue weighted by molar-refractivity contribution is 9.10. The number of rotatable bonds is 6. The Morgan fingerprint density at radius 1 is 1.46 bits per heavy atom. The van der Waals surface area contributed by atoms with Crippen molar-refractivity contribution in [2.75, 3.05) is 22.9 Å². The highest BCUT2D eigenvalue weighted by atomic mass is 79.9. The first-order valence-electron chi connectivity index (χ1n) is 7.50. The van der Waals surface area contributed by atoms with Crippen LogP contribution in [0.3, 0.4) is 0 Å². The van der Waals surface area contributed by atoms with Gasteiger partial charge in [-0.15, -0.1) is 0 Å². The minimum atomic E-state index is -0.637. The molecule has 10 heteroatoms. The maximum absolute atomic E-state index is 12.3. The van der Waals surface area contributed by atoms with E-state index in [-0.39, 0.29) is 17.1 Å². The summed E-state index contributed by atoms with van der Waals surface area (Å²) in [6.45, 7) is 0.741. The average molecular weight is 393 g/mol. The molecule has 126 valence electrons. The van der Waals surface area contributed by atoms with Gasteiger partial charge in [0.15, 0.2) is 5.82 Å². The number of halogens is 1. The van der Waals surface area contributed by atoms with Crippen LogP contribution in [-0.2, 0) is 4.79 Å². The van der Waals surface area contributed by atoms with Crippen LogP contribution in [0.1, 0.15) is 24.8 Å². The number of nitrogens with two attached hydrogens (primary N) is 1. The normalized spacial score (nSPS) is 14.0. The number of anilines is 3. The molecule has 9 nitrogen and oxygen atoms in total. The number of nitrogen functional groups attached to an aromatic ring is 1. The predicted molar refractivity (Wildman–Crippen MR) is 94.0 cm³/mol. The van der Waals surface area contributed by atoms with Crippen molar-refractivity contribution in [3.05, 3.63) is 22.6 Å². The van der Waals surface area contributed by atoms with E-state index < -0.39 is 5.91 Å². The number of aromatic nitrogens is 4. The summed E-state index contributed by atoms with van der Waals surface area (Å²) in [5.74, 6) is 0.749. The number of hydrogen-bond donors (Lipinski definition) is 5. The van der Waals surface area contributed by atoms with E-state index in [0.717, 1.165) is 6.54 Å². The van der Waals surface area contributed by atoms with Crippen LogP contribution >= 0.6 is 15.9 Å². The molecule has 24 heavy (non-hydrogen) atoms. The summed E-state index contributed by atoms with van der Waals surface area (Å²) in [6, 6.07) is 1.59. The van der Waals surface area contributed by atoms with E-state index >= 15 is 0 Å². The second-order valence-corrected chi connectivity index (χ2v) is 6.44. The fourth-order valence-corrected chi connectivity index (χ4v) is 2.68. The Kier molecular flexibility index (Phi) is 4.74. The number of carbonyl (C=O) groups excluding carboxylic acids is 1. The van der Waals surface area contributed by atoms with Crippen molar-refractivity contribution in [3.8, 4) is 0 Å². The molecule has 2 heterocycles. The topological polar surface area (TPSA) is 145 Å². The summed E-state index contributed by atoms with van der Waals surface area (Å²) in [6.07, 6.45) is 4.91. The molecule has 2 aromatic rings. The summed E-state index contributed by atoms with van der Waals surface area (Å²) in [7, 11) is 0. The minimum Gasteiger partial charge on any atom is -0.383 e. The maximum Gasteiger partial charge on any atom is 0.275 e. The SMILES string of the molecule is N=C(C(=O)Nc1cc(Br)[nH]n1)c1c(N)ncnc1NCC1CCC1. The molecule has 0 unspecified atom stereocenters. The molecule has 0 saturated heterocycles. The summed E-state index contributed by atoms with van der Waals surface area (Å²) in [5.41, 5.74) is 5.75. The predicted octanol–water partition coefficient (Wildman–Crippen LogP) is 1.76. The number of amides is 1. The fraction of sp³-hybridized carbons (Fsp3) is 0.357.